The molecule has 0 saturated carbocycles. The molecule has 2 aliphatic heterocycles. The molecular weight excluding hydrogens is 493 g/mol. The van der Waals surface area contributed by atoms with Gasteiger partial charge in [-0.3, -0.25) is 14.5 Å². The number of morpholine rings is 1. The van der Waals surface area contributed by atoms with Crippen molar-refractivity contribution in [1.82, 2.24) is 19.4 Å². The maximum atomic E-state index is 14.5. The summed E-state index contributed by atoms with van der Waals surface area (Å²) in [6, 6.07) is 13.5. The molecule has 1 fully saturated rings. The Kier molecular flexibility index (Phi) is 7.78. The minimum absolute atomic E-state index is 0.0412. The predicted molar refractivity (Wildman–Crippen MR) is 140 cm³/mol. The number of hydrogen-bond acceptors (Lipinski definition) is 6. The topological polar surface area (TPSA) is 70.4 Å². The van der Waals surface area contributed by atoms with E-state index in [1.54, 1.807) is 23.5 Å². The molecule has 1 saturated heterocycles. The largest absolute Gasteiger partial charge is 0.379 e. The minimum atomic E-state index is -0.600. The number of carbonyl (C=O) groups is 2. The van der Waals surface area contributed by atoms with Crippen LogP contribution in [-0.4, -0.2) is 82.8 Å². The van der Waals surface area contributed by atoms with Gasteiger partial charge >= 0.3 is 0 Å². The fourth-order valence-corrected chi connectivity index (χ4v) is 5.48. The molecule has 1 atom stereocenters. The SMILES string of the molecule is Cn1cccc1C1CC(c2cccs2)=NN1C(=O)CN(CCN1CCOCC1)C(=O)c1ccccc1F. The van der Waals surface area contributed by atoms with E-state index in [4.69, 9.17) is 9.84 Å². The third-order valence-corrected chi connectivity index (χ3v) is 7.72. The summed E-state index contributed by atoms with van der Waals surface area (Å²) >= 11 is 1.58. The number of thiophene rings is 1. The van der Waals surface area contributed by atoms with Crippen LogP contribution in [0.25, 0.3) is 0 Å². The molecule has 2 aromatic heterocycles. The zero-order valence-corrected chi connectivity index (χ0v) is 21.6. The molecule has 0 aliphatic carbocycles. The highest BCUT2D eigenvalue weighted by molar-refractivity contribution is 7.12. The number of rotatable bonds is 8. The van der Waals surface area contributed by atoms with Gasteiger partial charge in [0.05, 0.1) is 29.4 Å². The molecule has 0 radical (unpaired) electrons. The van der Waals surface area contributed by atoms with Gasteiger partial charge in [-0.05, 0) is 35.7 Å². The molecule has 1 aromatic carbocycles. The average Bonchev–Trinajstić information content (AvgIpc) is 3.67. The molecule has 5 rings (SSSR count). The standard InChI is InChI=1S/C27H30FN5O3S/c1-30-10-4-8-23(30)24-18-22(25-9-5-17-37-25)29-33(24)26(34)19-32(12-11-31-13-15-36-16-14-31)27(35)20-6-2-3-7-21(20)28/h2-10,17,24H,11-16,18-19H2,1H3. The summed E-state index contributed by atoms with van der Waals surface area (Å²) in [5.41, 5.74) is 1.76. The highest BCUT2D eigenvalue weighted by Gasteiger charge is 2.36. The van der Waals surface area contributed by atoms with Crippen molar-refractivity contribution >= 4 is 28.9 Å². The van der Waals surface area contributed by atoms with Gasteiger partial charge in [0.15, 0.2) is 0 Å². The van der Waals surface area contributed by atoms with Crippen molar-refractivity contribution in [3.8, 4) is 0 Å². The van der Waals surface area contributed by atoms with Crippen LogP contribution in [0.1, 0.15) is 33.4 Å². The van der Waals surface area contributed by atoms with E-state index in [1.807, 2.05) is 47.5 Å². The van der Waals surface area contributed by atoms with Crippen LogP contribution in [0.3, 0.4) is 0 Å². The molecular formula is C27H30FN5O3S. The Bertz CT molecular complexity index is 1270. The van der Waals surface area contributed by atoms with E-state index in [9.17, 15) is 14.0 Å². The van der Waals surface area contributed by atoms with Crippen molar-refractivity contribution in [2.45, 2.75) is 12.5 Å². The van der Waals surface area contributed by atoms with E-state index in [-0.39, 0.29) is 24.1 Å². The lowest BCUT2D eigenvalue weighted by atomic mass is 10.1. The summed E-state index contributed by atoms with van der Waals surface area (Å²) in [7, 11) is 1.94. The Morgan fingerprint density at radius 3 is 2.65 bits per heavy atom. The lowest BCUT2D eigenvalue weighted by Gasteiger charge is -2.31. The Hall–Kier alpha value is -3.34. The third kappa shape index (κ3) is 5.66. The third-order valence-electron chi connectivity index (χ3n) is 6.80. The Morgan fingerprint density at radius 1 is 1.14 bits per heavy atom. The zero-order valence-electron chi connectivity index (χ0n) is 20.8. The first-order valence-electron chi connectivity index (χ1n) is 12.4. The van der Waals surface area contributed by atoms with E-state index >= 15 is 0 Å². The number of hydrogen-bond donors (Lipinski definition) is 0. The summed E-state index contributed by atoms with van der Waals surface area (Å²) in [5.74, 6) is -1.40. The fraction of sp³-hybridized carbons (Fsp3) is 0.370. The number of amides is 2. The molecule has 4 heterocycles. The van der Waals surface area contributed by atoms with E-state index in [2.05, 4.69) is 4.90 Å². The average molecular weight is 524 g/mol. The Morgan fingerprint density at radius 2 is 1.95 bits per heavy atom. The number of ether oxygens (including phenoxy) is 1. The number of carbonyl (C=O) groups excluding carboxylic acids is 2. The van der Waals surface area contributed by atoms with Gasteiger partial charge in [-0.1, -0.05) is 18.2 Å². The van der Waals surface area contributed by atoms with E-state index in [0.29, 0.717) is 32.7 Å². The van der Waals surface area contributed by atoms with Crippen LogP contribution >= 0.6 is 11.3 Å². The molecule has 1 unspecified atom stereocenters. The van der Waals surface area contributed by atoms with Crippen molar-refractivity contribution in [3.05, 3.63) is 82.1 Å². The van der Waals surface area contributed by atoms with Crippen LogP contribution in [0.2, 0.25) is 0 Å². The number of halogens is 1. The Labute approximate surface area is 219 Å². The minimum Gasteiger partial charge on any atom is -0.379 e. The normalized spacial score (nSPS) is 18.2. The van der Waals surface area contributed by atoms with Crippen LogP contribution in [0.4, 0.5) is 4.39 Å². The number of aromatic nitrogens is 1. The molecule has 0 N–H and O–H groups in total. The molecule has 2 amide bonds. The van der Waals surface area contributed by atoms with Crippen molar-refractivity contribution < 1.29 is 18.7 Å². The number of aryl methyl sites for hydroxylation is 1. The van der Waals surface area contributed by atoms with Crippen LogP contribution in [-0.2, 0) is 16.6 Å². The molecule has 0 spiro atoms. The van der Waals surface area contributed by atoms with Crippen LogP contribution in [0.5, 0.6) is 0 Å². The van der Waals surface area contributed by atoms with Gasteiger partial charge in [0.1, 0.15) is 18.4 Å². The highest BCUT2D eigenvalue weighted by atomic mass is 32.1. The Balaban J connectivity index is 1.40. The summed E-state index contributed by atoms with van der Waals surface area (Å²) in [6.45, 7) is 3.45. The molecule has 2 aliphatic rings. The highest BCUT2D eigenvalue weighted by Crippen LogP contribution is 2.34. The van der Waals surface area contributed by atoms with Crippen molar-refractivity contribution in [2.24, 2.45) is 12.1 Å². The monoisotopic (exact) mass is 523 g/mol. The van der Waals surface area contributed by atoms with Crippen LogP contribution < -0.4 is 0 Å². The van der Waals surface area contributed by atoms with Gasteiger partial charge in [0.25, 0.3) is 11.8 Å². The molecule has 10 heteroatoms. The predicted octanol–water partition coefficient (Wildman–Crippen LogP) is 3.38. The second-order valence-electron chi connectivity index (χ2n) is 9.19. The van der Waals surface area contributed by atoms with Crippen LogP contribution in [0, 0.1) is 5.82 Å². The van der Waals surface area contributed by atoms with Gasteiger partial charge in [-0.25, -0.2) is 9.40 Å². The maximum absolute atomic E-state index is 14.5. The zero-order chi connectivity index (χ0) is 25.8. The van der Waals surface area contributed by atoms with E-state index in [1.165, 1.54) is 22.0 Å². The fourth-order valence-electron chi connectivity index (χ4n) is 4.76. The van der Waals surface area contributed by atoms with Gasteiger partial charge in [-0.15, -0.1) is 11.3 Å². The second kappa shape index (κ2) is 11.4. The summed E-state index contributed by atoms with van der Waals surface area (Å²) in [4.78, 5) is 31.8. The van der Waals surface area contributed by atoms with Crippen molar-refractivity contribution in [1.29, 1.82) is 0 Å². The maximum Gasteiger partial charge on any atom is 0.262 e. The van der Waals surface area contributed by atoms with Crippen molar-refractivity contribution in [3.63, 3.8) is 0 Å². The molecule has 37 heavy (non-hydrogen) atoms. The number of hydrazone groups is 1. The van der Waals surface area contributed by atoms with Gasteiger partial charge in [0, 0.05) is 51.5 Å². The summed E-state index contributed by atoms with van der Waals surface area (Å²) in [6.07, 6.45) is 2.52. The summed E-state index contributed by atoms with van der Waals surface area (Å²) in [5, 5.41) is 8.21. The molecule has 3 aromatic rings. The van der Waals surface area contributed by atoms with Gasteiger partial charge in [0.2, 0.25) is 0 Å². The first-order chi connectivity index (χ1) is 18.0. The first kappa shape index (κ1) is 25.3. The smallest absolute Gasteiger partial charge is 0.262 e. The quantitative estimate of drug-likeness (QED) is 0.454. The molecule has 194 valence electrons. The molecule has 0 bridgehead atoms. The van der Waals surface area contributed by atoms with Crippen LogP contribution in [0.15, 0.2) is 65.2 Å². The van der Waals surface area contributed by atoms with Gasteiger partial charge < -0.3 is 14.2 Å². The second-order valence-corrected chi connectivity index (χ2v) is 10.1. The lowest BCUT2D eigenvalue weighted by Crippen LogP contribution is -2.46. The van der Waals surface area contributed by atoms with E-state index in [0.717, 1.165) is 29.4 Å². The van der Waals surface area contributed by atoms with E-state index < -0.39 is 11.7 Å². The number of benzene rings is 1. The van der Waals surface area contributed by atoms with Crippen molar-refractivity contribution in [2.75, 3.05) is 45.9 Å². The first-order valence-corrected chi connectivity index (χ1v) is 13.3. The summed E-state index contributed by atoms with van der Waals surface area (Å²) < 4.78 is 21.9. The number of nitrogens with zero attached hydrogens (tertiary/aromatic N) is 5. The molecule has 8 nitrogen and oxygen atoms in total. The lowest BCUT2D eigenvalue weighted by molar-refractivity contribution is -0.133. The van der Waals surface area contributed by atoms with Gasteiger partial charge in [-0.2, -0.15) is 5.10 Å².